The molecule has 198 valence electrons. The fourth-order valence-electron chi connectivity index (χ4n) is 5.74. The van der Waals surface area contributed by atoms with Crippen LogP contribution in [0.4, 0.5) is 5.95 Å². The van der Waals surface area contributed by atoms with Crippen molar-refractivity contribution in [2.45, 2.75) is 52.6 Å². The molecule has 3 N–H and O–H groups in total. The Balaban J connectivity index is 1.34. The van der Waals surface area contributed by atoms with Crippen LogP contribution in [0.3, 0.4) is 0 Å². The molecule has 5 heterocycles. The number of fused-ring (bicyclic) bond motifs is 1. The summed E-state index contributed by atoms with van der Waals surface area (Å²) in [6.07, 6.45) is 1.66. The Hall–Kier alpha value is -3.53. The highest BCUT2D eigenvalue weighted by Crippen LogP contribution is 2.44. The predicted molar refractivity (Wildman–Crippen MR) is 149 cm³/mol. The summed E-state index contributed by atoms with van der Waals surface area (Å²) >= 11 is 0. The van der Waals surface area contributed by atoms with Crippen LogP contribution in [0.1, 0.15) is 52.7 Å². The van der Waals surface area contributed by atoms with E-state index in [1.165, 1.54) is 5.56 Å². The van der Waals surface area contributed by atoms with Gasteiger partial charge in [-0.1, -0.05) is 30.3 Å². The maximum absolute atomic E-state index is 12.5. The number of ether oxygens (including phenoxy) is 1. The van der Waals surface area contributed by atoms with Crippen LogP contribution >= 0.6 is 0 Å². The van der Waals surface area contributed by atoms with Crippen LogP contribution in [0, 0.1) is 20.8 Å². The van der Waals surface area contributed by atoms with Crippen molar-refractivity contribution in [3.05, 3.63) is 86.6 Å². The molecule has 0 bridgehead atoms. The fourth-order valence-corrected chi connectivity index (χ4v) is 5.74. The van der Waals surface area contributed by atoms with Crippen molar-refractivity contribution in [2.75, 3.05) is 31.1 Å². The molecule has 0 spiro atoms. The molecule has 2 aliphatic heterocycles. The van der Waals surface area contributed by atoms with E-state index in [0.29, 0.717) is 6.54 Å². The van der Waals surface area contributed by atoms with Gasteiger partial charge in [-0.05, 0) is 44.9 Å². The quantitative estimate of drug-likeness (QED) is 0.326. The molecule has 9 nitrogen and oxygen atoms in total. The number of rotatable bonds is 7. The van der Waals surface area contributed by atoms with Gasteiger partial charge in [-0.25, -0.2) is 4.98 Å². The Bertz CT molecular complexity index is 1520. The third-order valence-corrected chi connectivity index (χ3v) is 7.84. The third-order valence-electron chi connectivity index (χ3n) is 7.84. The van der Waals surface area contributed by atoms with E-state index in [1.807, 2.05) is 32.2 Å². The summed E-state index contributed by atoms with van der Waals surface area (Å²) in [5, 5.41) is 7.86. The molecule has 0 amide bonds. The fraction of sp³-hybridized carbons (Fsp3) is 0.414. The van der Waals surface area contributed by atoms with Gasteiger partial charge in [0, 0.05) is 66.8 Å². The Kier molecular flexibility index (Phi) is 6.51. The minimum absolute atomic E-state index is 0.0505. The minimum Gasteiger partial charge on any atom is -0.348 e. The first-order chi connectivity index (χ1) is 18.4. The molecule has 4 aromatic rings. The Morgan fingerprint density at radius 1 is 1.16 bits per heavy atom. The van der Waals surface area contributed by atoms with Crippen molar-refractivity contribution < 1.29 is 4.74 Å². The van der Waals surface area contributed by atoms with Crippen LogP contribution in [-0.2, 0) is 11.3 Å². The van der Waals surface area contributed by atoms with Crippen LogP contribution in [0.25, 0.3) is 11.0 Å². The number of anilines is 1. The van der Waals surface area contributed by atoms with Gasteiger partial charge in [-0.15, -0.1) is 0 Å². The van der Waals surface area contributed by atoms with Crippen LogP contribution in [-0.4, -0.2) is 51.9 Å². The third kappa shape index (κ3) is 4.51. The zero-order valence-electron chi connectivity index (χ0n) is 22.4. The van der Waals surface area contributed by atoms with Gasteiger partial charge in [0.25, 0.3) is 5.56 Å². The van der Waals surface area contributed by atoms with Crippen molar-refractivity contribution in [3.8, 4) is 0 Å². The minimum atomic E-state index is -0.173. The zero-order chi connectivity index (χ0) is 26.4. The van der Waals surface area contributed by atoms with Crippen molar-refractivity contribution in [2.24, 2.45) is 0 Å². The lowest BCUT2D eigenvalue weighted by molar-refractivity contribution is 0.345. The molecular weight excluding hydrogens is 478 g/mol. The molecule has 9 heteroatoms. The number of nitrogens with zero attached hydrogens (tertiary/aromatic N) is 4. The summed E-state index contributed by atoms with van der Waals surface area (Å²) in [5.74, 6) is 0.769. The van der Waals surface area contributed by atoms with E-state index in [9.17, 15) is 4.79 Å². The lowest BCUT2D eigenvalue weighted by atomic mass is 10.1. The van der Waals surface area contributed by atoms with Gasteiger partial charge < -0.3 is 24.5 Å². The largest absolute Gasteiger partial charge is 0.348 e. The molecule has 38 heavy (non-hydrogen) atoms. The Morgan fingerprint density at radius 3 is 2.66 bits per heavy atom. The number of aromatic nitrogens is 4. The highest BCUT2D eigenvalue weighted by atomic mass is 16.6. The molecular formula is C29H35N7O2. The second-order valence-electron chi connectivity index (χ2n) is 10.4. The highest BCUT2D eigenvalue weighted by Gasteiger charge is 2.44. The topological polar surface area (TPSA) is 103 Å². The maximum Gasteiger partial charge on any atom is 0.252 e. The number of piperazine rings is 1. The van der Waals surface area contributed by atoms with Gasteiger partial charge >= 0.3 is 0 Å². The SMILES string of the molecule is Cc1cc(C)c(CNC2OC2c2c(C)n([C@H](C)c3ccccc3)c3nc(N4CCNCC4)ncc23)c(=O)[nH]1. The molecule has 2 saturated heterocycles. The van der Waals surface area contributed by atoms with Gasteiger partial charge in [0.2, 0.25) is 5.95 Å². The molecule has 0 saturated carbocycles. The number of aromatic amines is 1. The number of benzene rings is 1. The summed E-state index contributed by atoms with van der Waals surface area (Å²) in [7, 11) is 0. The van der Waals surface area contributed by atoms with Crippen LogP contribution in [0.5, 0.6) is 0 Å². The van der Waals surface area contributed by atoms with E-state index in [1.54, 1.807) is 0 Å². The molecule has 6 rings (SSSR count). The second kappa shape index (κ2) is 9.98. The first-order valence-electron chi connectivity index (χ1n) is 13.4. The average molecular weight is 514 g/mol. The normalized spacial score (nSPS) is 20.2. The number of pyridine rings is 1. The highest BCUT2D eigenvalue weighted by molar-refractivity contribution is 5.83. The average Bonchev–Trinajstić information content (AvgIpc) is 3.62. The number of epoxide rings is 1. The number of aryl methyl sites for hydroxylation is 2. The maximum atomic E-state index is 12.5. The van der Waals surface area contributed by atoms with E-state index in [0.717, 1.165) is 71.2 Å². The molecule has 2 aliphatic rings. The lowest BCUT2D eigenvalue weighted by Crippen LogP contribution is -2.44. The monoisotopic (exact) mass is 513 g/mol. The van der Waals surface area contributed by atoms with Gasteiger partial charge in [-0.2, -0.15) is 4.98 Å². The molecule has 3 atom stereocenters. The Morgan fingerprint density at radius 2 is 1.92 bits per heavy atom. The Labute approximate surface area is 222 Å². The van der Waals surface area contributed by atoms with E-state index in [-0.39, 0.29) is 23.9 Å². The number of nitrogens with one attached hydrogen (secondary N) is 3. The van der Waals surface area contributed by atoms with Crippen molar-refractivity contribution in [1.82, 2.24) is 30.2 Å². The van der Waals surface area contributed by atoms with E-state index < -0.39 is 0 Å². The van der Waals surface area contributed by atoms with Gasteiger partial charge in [0.15, 0.2) is 0 Å². The van der Waals surface area contributed by atoms with E-state index >= 15 is 0 Å². The van der Waals surface area contributed by atoms with Gasteiger partial charge in [0.1, 0.15) is 18.0 Å². The molecule has 2 unspecified atom stereocenters. The second-order valence-corrected chi connectivity index (χ2v) is 10.4. The summed E-state index contributed by atoms with van der Waals surface area (Å²) in [4.78, 5) is 27.5. The summed E-state index contributed by atoms with van der Waals surface area (Å²) in [6.45, 7) is 12.3. The standard InChI is InChI=1S/C29H35N7O2/c1-17-14-18(2)33-27(37)22(17)15-31-28-25(38-28)24-20(4)36(19(3)21-8-6-5-7-9-21)26-23(24)16-32-29(34-26)35-12-10-30-11-13-35/h5-9,14,16,19,25,28,30-31H,10-13,15H2,1-4H3,(H,33,37)/t19-,25?,28?/m1/s1. The first-order valence-corrected chi connectivity index (χ1v) is 13.4. The predicted octanol–water partition coefficient (Wildman–Crippen LogP) is 3.25. The molecule has 1 aromatic carbocycles. The molecule has 0 radical (unpaired) electrons. The van der Waals surface area contributed by atoms with Gasteiger partial charge in [0.05, 0.1) is 6.04 Å². The number of hydrogen-bond donors (Lipinski definition) is 3. The molecule has 2 fully saturated rings. The van der Waals surface area contributed by atoms with E-state index in [2.05, 4.69) is 63.2 Å². The summed E-state index contributed by atoms with van der Waals surface area (Å²) in [6, 6.07) is 12.6. The molecule has 3 aromatic heterocycles. The van der Waals surface area contributed by atoms with Gasteiger partial charge in [-0.3, -0.25) is 10.1 Å². The van der Waals surface area contributed by atoms with Crippen LogP contribution in [0.15, 0.2) is 47.4 Å². The molecule has 0 aliphatic carbocycles. The van der Waals surface area contributed by atoms with Crippen molar-refractivity contribution in [3.63, 3.8) is 0 Å². The van der Waals surface area contributed by atoms with Crippen molar-refractivity contribution >= 4 is 17.0 Å². The number of H-pyrrole nitrogens is 1. The first kappa shape index (κ1) is 24.8. The lowest BCUT2D eigenvalue weighted by Gasteiger charge is -2.27. The van der Waals surface area contributed by atoms with Crippen molar-refractivity contribution in [1.29, 1.82) is 0 Å². The van der Waals surface area contributed by atoms with Crippen LogP contribution in [0.2, 0.25) is 0 Å². The van der Waals surface area contributed by atoms with E-state index in [4.69, 9.17) is 14.7 Å². The van der Waals surface area contributed by atoms with Crippen LogP contribution < -0.4 is 21.1 Å². The summed E-state index contributed by atoms with van der Waals surface area (Å²) < 4.78 is 8.47. The summed E-state index contributed by atoms with van der Waals surface area (Å²) in [5.41, 5.74) is 6.93. The smallest absolute Gasteiger partial charge is 0.252 e. The zero-order valence-corrected chi connectivity index (χ0v) is 22.4. The number of hydrogen-bond acceptors (Lipinski definition) is 7.